The fourth-order valence-electron chi connectivity index (χ4n) is 1.65. The van der Waals surface area contributed by atoms with E-state index in [0.717, 1.165) is 11.3 Å². The van der Waals surface area contributed by atoms with Gasteiger partial charge in [-0.25, -0.2) is 0 Å². The topological polar surface area (TPSA) is 43.0 Å². The standard InChI is InChI=1S/C10H12ClN3O/c1-12-9(7-3-4-15-6-7)10-8(11)5-13-14(10)2/h3-6,9,12H,1-2H3. The maximum Gasteiger partial charge on any atom is 0.0954 e. The van der Waals surface area contributed by atoms with Crippen molar-refractivity contribution in [1.29, 1.82) is 0 Å². The highest BCUT2D eigenvalue weighted by Crippen LogP contribution is 2.27. The molecule has 15 heavy (non-hydrogen) atoms. The number of aryl methyl sites for hydroxylation is 1. The number of furan rings is 1. The first-order chi connectivity index (χ1) is 7.24. The molecule has 2 aromatic rings. The van der Waals surface area contributed by atoms with Crippen molar-refractivity contribution in [2.75, 3.05) is 7.05 Å². The zero-order valence-electron chi connectivity index (χ0n) is 8.57. The molecule has 0 aliphatic heterocycles. The van der Waals surface area contributed by atoms with E-state index in [4.69, 9.17) is 16.0 Å². The van der Waals surface area contributed by atoms with Crippen molar-refractivity contribution in [2.45, 2.75) is 6.04 Å². The van der Waals surface area contributed by atoms with E-state index in [9.17, 15) is 0 Å². The maximum atomic E-state index is 6.08. The van der Waals surface area contributed by atoms with E-state index in [1.807, 2.05) is 20.2 Å². The summed E-state index contributed by atoms with van der Waals surface area (Å²) in [6.07, 6.45) is 4.98. The molecular weight excluding hydrogens is 214 g/mol. The van der Waals surface area contributed by atoms with E-state index in [1.54, 1.807) is 23.4 Å². The molecule has 0 saturated carbocycles. The third-order valence-corrected chi connectivity index (χ3v) is 2.67. The van der Waals surface area contributed by atoms with Crippen molar-refractivity contribution < 1.29 is 4.42 Å². The van der Waals surface area contributed by atoms with Gasteiger partial charge in [0.2, 0.25) is 0 Å². The van der Waals surface area contributed by atoms with E-state index in [1.165, 1.54) is 0 Å². The molecule has 2 rings (SSSR count). The van der Waals surface area contributed by atoms with E-state index in [2.05, 4.69) is 10.4 Å². The highest BCUT2D eigenvalue weighted by molar-refractivity contribution is 6.31. The zero-order chi connectivity index (χ0) is 10.8. The largest absolute Gasteiger partial charge is 0.472 e. The highest BCUT2D eigenvalue weighted by Gasteiger charge is 2.19. The molecule has 2 heterocycles. The van der Waals surface area contributed by atoms with Crippen molar-refractivity contribution in [2.24, 2.45) is 7.05 Å². The third-order valence-electron chi connectivity index (χ3n) is 2.38. The van der Waals surface area contributed by atoms with E-state index >= 15 is 0 Å². The summed E-state index contributed by atoms with van der Waals surface area (Å²) in [5.41, 5.74) is 1.96. The molecule has 4 nitrogen and oxygen atoms in total. The summed E-state index contributed by atoms with van der Waals surface area (Å²) in [4.78, 5) is 0. The molecule has 1 unspecified atom stereocenters. The second-order valence-electron chi connectivity index (χ2n) is 3.28. The van der Waals surface area contributed by atoms with Crippen LogP contribution in [0.25, 0.3) is 0 Å². The fourth-order valence-corrected chi connectivity index (χ4v) is 1.92. The van der Waals surface area contributed by atoms with Gasteiger partial charge in [0.25, 0.3) is 0 Å². The molecule has 0 spiro atoms. The summed E-state index contributed by atoms with van der Waals surface area (Å²) >= 11 is 6.08. The Morgan fingerprint density at radius 3 is 2.87 bits per heavy atom. The van der Waals surface area contributed by atoms with Crippen LogP contribution in [0.2, 0.25) is 5.02 Å². The predicted octanol–water partition coefficient (Wildman–Crippen LogP) is 1.98. The Kier molecular flexibility index (Phi) is 2.79. The summed E-state index contributed by atoms with van der Waals surface area (Å²) in [5.74, 6) is 0. The molecule has 0 aliphatic rings. The Labute approximate surface area is 92.8 Å². The second-order valence-corrected chi connectivity index (χ2v) is 3.69. The number of nitrogens with zero attached hydrogens (tertiary/aromatic N) is 2. The average Bonchev–Trinajstić information content (AvgIpc) is 2.83. The number of nitrogens with one attached hydrogen (secondary N) is 1. The molecule has 1 atom stereocenters. The number of rotatable bonds is 3. The molecule has 0 aromatic carbocycles. The third kappa shape index (κ3) is 1.78. The molecule has 2 aromatic heterocycles. The SMILES string of the molecule is CNC(c1ccoc1)c1c(Cl)cnn1C. The summed E-state index contributed by atoms with van der Waals surface area (Å²) < 4.78 is 6.82. The van der Waals surface area contributed by atoms with Gasteiger partial charge in [0, 0.05) is 12.6 Å². The summed E-state index contributed by atoms with van der Waals surface area (Å²) in [5, 5.41) is 7.94. The molecule has 0 radical (unpaired) electrons. The summed E-state index contributed by atoms with van der Waals surface area (Å²) in [6, 6.07) is 1.91. The second kappa shape index (κ2) is 4.08. The lowest BCUT2D eigenvalue weighted by Gasteiger charge is -2.15. The van der Waals surface area contributed by atoms with Gasteiger partial charge in [-0.2, -0.15) is 5.10 Å². The van der Waals surface area contributed by atoms with Gasteiger partial charge in [-0.3, -0.25) is 4.68 Å². The Morgan fingerprint density at radius 1 is 1.60 bits per heavy atom. The van der Waals surface area contributed by atoms with Gasteiger partial charge in [0.05, 0.1) is 35.5 Å². The Morgan fingerprint density at radius 2 is 2.40 bits per heavy atom. The Hall–Kier alpha value is -1.26. The lowest BCUT2D eigenvalue weighted by Crippen LogP contribution is -2.20. The van der Waals surface area contributed by atoms with Crippen molar-refractivity contribution >= 4 is 11.6 Å². The lowest BCUT2D eigenvalue weighted by atomic mass is 10.1. The van der Waals surface area contributed by atoms with Crippen molar-refractivity contribution in [3.05, 3.63) is 41.1 Å². The molecule has 0 aliphatic carbocycles. The number of hydrogen-bond acceptors (Lipinski definition) is 3. The average molecular weight is 226 g/mol. The van der Waals surface area contributed by atoms with Crippen LogP contribution in [-0.2, 0) is 7.05 Å². The normalized spacial score (nSPS) is 13.0. The molecule has 5 heteroatoms. The summed E-state index contributed by atoms with van der Waals surface area (Å²) in [7, 11) is 3.74. The van der Waals surface area contributed by atoms with Crippen LogP contribution in [0, 0.1) is 0 Å². The molecular formula is C10H12ClN3O. The van der Waals surface area contributed by atoms with Crippen LogP contribution in [0.4, 0.5) is 0 Å². The van der Waals surface area contributed by atoms with Gasteiger partial charge < -0.3 is 9.73 Å². The first-order valence-corrected chi connectivity index (χ1v) is 4.98. The van der Waals surface area contributed by atoms with Crippen LogP contribution in [-0.4, -0.2) is 16.8 Å². The van der Waals surface area contributed by atoms with Crippen LogP contribution in [0.5, 0.6) is 0 Å². The predicted molar refractivity (Wildman–Crippen MR) is 57.8 cm³/mol. The number of hydrogen-bond donors (Lipinski definition) is 1. The van der Waals surface area contributed by atoms with Crippen LogP contribution < -0.4 is 5.32 Å². The van der Waals surface area contributed by atoms with Crippen LogP contribution >= 0.6 is 11.6 Å². The monoisotopic (exact) mass is 225 g/mol. The summed E-state index contributed by atoms with van der Waals surface area (Å²) in [6.45, 7) is 0. The Bertz CT molecular complexity index is 416. The molecule has 0 saturated heterocycles. The molecule has 1 N–H and O–H groups in total. The van der Waals surface area contributed by atoms with Crippen molar-refractivity contribution in [1.82, 2.24) is 15.1 Å². The van der Waals surface area contributed by atoms with E-state index in [0.29, 0.717) is 5.02 Å². The van der Waals surface area contributed by atoms with Crippen LogP contribution in [0.3, 0.4) is 0 Å². The molecule has 0 fully saturated rings. The number of halogens is 1. The molecule has 0 amide bonds. The minimum atomic E-state index is 0.00347. The number of aromatic nitrogens is 2. The quantitative estimate of drug-likeness (QED) is 0.869. The highest BCUT2D eigenvalue weighted by atomic mass is 35.5. The smallest absolute Gasteiger partial charge is 0.0954 e. The lowest BCUT2D eigenvalue weighted by molar-refractivity contribution is 0.550. The minimum absolute atomic E-state index is 0.00347. The van der Waals surface area contributed by atoms with Gasteiger partial charge in [0.15, 0.2) is 0 Å². The van der Waals surface area contributed by atoms with Gasteiger partial charge in [-0.15, -0.1) is 0 Å². The van der Waals surface area contributed by atoms with Crippen molar-refractivity contribution in [3.8, 4) is 0 Å². The van der Waals surface area contributed by atoms with Crippen LogP contribution in [0.15, 0.2) is 29.2 Å². The van der Waals surface area contributed by atoms with Crippen molar-refractivity contribution in [3.63, 3.8) is 0 Å². The molecule has 0 bridgehead atoms. The first kappa shape index (κ1) is 10.3. The maximum absolute atomic E-state index is 6.08. The zero-order valence-corrected chi connectivity index (χ0v) is 9.32. The van der Waals surface area contributed by atoms with Gasteiger partial charge in [-0.05, 0) is 13.1 Å². The minimum Gasteiger partial charge on any atom is -0.472 e. The van der Waals surface area contributed by atoms with Crippen LogP contribution in [0.1, 0.15) is 17.3 Å². The first-order valence-electron chi connectivity index (χ1n) is 4.60. The van der Waals surface area contributed by atoms with E-state index < -0.39 is 0 Å². The van der Waals surface area contributed by atoms with Gasteiger partial charge in [0.1, 0.15) is 0 Å². The Balaban J connectivity index is 2.44. The van der Waals surface area contributed by atoms with Gasteiger partial charge in [-0.1, -0.05) is 11.6 Å². The fraction of sp³-hybridized carbons (Fsp3) is 0.300. The van der Waals surface area contributed by atoms with E-state index in [-0.39, 0.29) is 6.04 Å². The molecule has 80 valence electrons. The van der Waals surface area contributed by atoms with Gasteiger partial charge >= 0.3 is 0 Å².